The summed E-state index contributed by atoms with van der Waals surface area (Å²) in [7, 11) is 3.89. The van der Waals surface area contributed by atoms with Crippen LogP contribution in [0.4, 0.5) is 24.7 Å². The summed E-state index contributed by atoms with van der Waals surface area (Å²) in [5.41, 5.74) is 1.71. The van der Waals surface area contributed by atoms with Gasteiger partial charge >= 0.3 is 6.18 Å². The number of nitrogens with zero attached hydrogens (tertiary/aromatic N) is 2. The lowest BCUT2D eigenvalue weighted by Crippen LogP contribution is -2.09. The fraction of sp³-hybridized carbons (Fsp3) is 0.235. The highest BCUT2D eigenvalue weighted by molar-refractivity contribution is 5.93. The van der Waals surface area contributed by atoms with Crippen molar-refractivity contribution in [1.29, 1.82) is 0 Å². The van der Waals surface area contributed by atoms with Gasteiger partial charge in [0.05, 0.1) is 16.5 Å². The second kappa shape index (κ2) is 6.07. The number of aromatic nitrogens is 2. The van der Waals surface area contributed by atoms with Crippen LogP contribution < -0.4 is 10.2 Å². The molecule has 0 spiro atoms. The highest BCUT2D eigenvalue weighted by atomic mass is 19.4. The first-order valence-electron chi connectivity index (χ1n) is 7.39. The van der Waals surface area contributed by atoms with Gasteiger partial charge in [-0.05, 0) is 23.8 Å². The van der Waals surface area contributed by atoms with Crippen molar-refractivity contribution in [1.82, 2.24) is 9.97 Å². The molecule has 0 saturated carbocycles. The maximum absolute atomic E-state index is 13.1. The van der Waals surface area contributed by atoms with Crippen LogP contribution >= 0.6 is 0 Å². The van der Waals surface area contributed by atoms with Crippen molar-refractivity contribution < 1.29 is 13.2 Å². The van der Waals surface area contributed by atoms with Crippen molar-refractivity contribution in [2.75, 3.05) is 24.3 Å². The fourth-order valence-electron chi connectivity index (χ4n) is 2.53. The molecule has 0 saturated heterocycles. The third-order valence-electron chi connectivity index (χ3n) is 3.81. The second-order valence-corrected chi connectivity index (χ2v) is 5.70. The molecule has 0 atom stereocenters. The zero-order chi connectivity index (χ0) is 17.3. The fourth-order valence-corrected chi connectivity index (χ4v) is 2.53. The summed E-state index contributed by atoms with van der Waals surface area (Å²) < 4.78 is 39.4. The average Bonchev–Trinajstić information content (AvgIpc) is 2.98. The van der Waals surface area contributed by atoms with Crippen LogP contribution in [-0.2, 0) is 12.7 Å². The molecule has 0 fully saturated rings. The number of H-pyrrole nitrogens is 1. The highest BCUT2D eigenvalue weighted by Crippen LogP contribution is 2.37. The minimum absolute atomic E-state index is 0.0647. The minimum atomic E-state index is -4.43. The van der Waals surface area contributed by atoms with E-state index in [2.05, 4.69) is 15.3 Å². The van der Waals surface area contributed by atoms with E-state index in [4.69, 9.17) is 0 Å². The Kier molecular flexibility index (Phi) is 4.09. The van der Waals surface area contributed by atoms with Crippen LogP contribution in [-0.4, -0.2) is 24.1 Å². The summed E-state index contributed by atoms with van der Waals surface area (Å²) in [6, 6.07) is 9.32. The summed E-state index contributed by atoms with van der Waals surface area (Å²) in [6.45, 7) is 0.391. The van der Waals surface area contributed by atoms with E-state index < -0.39 is 11.7 Å². The Bertz CT molecular complexity index is 835. The number of hydrogen-bond donors (Lipinski definition) is 2. The van der Waals surface area contributed by atoms with Crippen LogP contribution in [0.25, 0.3) is 10.9 Å². The molecule has 2 aromatic heterocycles. The number of rotatable bonds is 4. The van der Waals surface area contributed by atoms with E-state index in [9.17, 15) is 13.2 Å². The van der Waals surface area contributed by atoms with Crippen LogP contribution in [0, 0.1) is 0 Å². The summed E-state index contributed by atoms with van der Waals surface area (Å²) in [4.78, 5) is 8.70. The molecule has 0 unspecified atom stereocenters. The molecular formula is C17H17F3N4. The van der Waals surface area contributed by atoms with Gasteiger partial charge in [0.25, 0.3) is 0 Å². The number of benzene rings is 1. The van der Waals surface area contributed by atoms with Gasteiger partial charge in [-0.3, -0.25) is 0 Å². The largest absolute Gasteiger partial charge is 0.418 e. The van der Waals surface area contributed by atoms with Crippen molar-refractivity contribution in [3.8, 4) is 0 Å². The predicted molar refractivity (Wildman–Crippen MR) is 89.2 cm³/mol. The topological polar surface area (TPSA) is 44.0 Å². The van der Waals surface area contributed by atoms with E-state index >= 15 is 0 Å². The molecule has 7 heteroatoms. The number of halogens is 3. The first-order valence-corrected chi connectivity index (χ1v) is 7.39. The Morgan fingerprint density at radius 1 is 1.12 bits per heavy atom. The lowest BCUT2D eigenvalue weighted by atomic mass is 10.1. The van der Waals surface area contributed by atoms with E-state index in [1.165, 1.54) is 12.3 Å². The zero-order valence-electron chi connectivity index (χ0n) is 13.3. The lowest BCUT2D eigenvalue weighted by Gasteiger charge is -2.13. The van der Waals surface area contributed by atoms with Crippen LogP contribution in [0.3, 0.4) is 0 Å². The second-order valence-electron chi connectivity index (χ2n) is 5.70. The molecule has 126 valence electrons. The molecule has 2 N–H and O–H groups in total. The van der Waals surface area contributed by atoms with Gasteiger partial charge in [-0.15, -0.1) is 0 Å². The molecule has 0 radical (unpaired) electrons. The molecule has 24 heavy (non-hydrogen) atoms. The highest BCUT2D eigenvalue weighted by Gasteiger charge is 2.34. The summed E-state index contributed by atoms with van der Waals surface area (Å²) in [5.74, 6) is 0.220. The Labute approximate surface area is 137 Å². The third kappa shape index (κ3) is 3.15. The standard InChI is InChI=1S/C17H17F3N4/c1-24(2)12-5-3-11(4-6-12)9-23-16-15-13(17(18,19)20)10-22-14(15)7-8-21-16/h3-8,10,22H,9H2,1-2H3,(H,21,23). The van der Waals surface area contributed by atoms with Gasteiger partial charge in [0.1, 0.15) is 5.82 Å². The summed E-state index contributed by atoms with van der Waals surface area (Å²) in [6.07, 6.45) is -1.97. The molecule has 0 aliphatic carbocycles. The van der Waals surface area contributed by atoms with Crippen molar-refractivity contribution in [2.45, 2.75) is 12.7 Å². The minimum Gasteiger partial charge on any atom is -0.378 e. The third-order valence-corrected chi connectivity index (χ3v) is 3.81. The number of anilines is 2. The van der Waals surface area contributed by atoms with E-state index in [0.717, 1.165) is 17.4 Å². The number of fused-ring (bicyclic) bond motifs is 1. The Morgan fingerprint density at radius 2 is 1.83 bits per heavy atom. The van der Waals surface area contributed by atoms with Crippen molar-refractivity contribution >= 4 is 22.4 Å². The van der Waals surface area contributed by atoms with Gasteiger partial charge in [-0.2, -0.15) is 13.2 Å². The number of aromatic amines is 1. The Morgan fingerprint density at radius 3 is 2.46 bits per heavy atom. The van der Waals surface area contributed by atoms with Crippen LogP contribution in [0.1, 0.15) is 11.1 Å². The molecule has 3 aromatic rings. The van der Waals surface area contributed by atoms with Crippen LogP contribution in [0.15, 0.2) is 42.7 Å². The molecule has 0 bridgehead atoms. The lowest BCUT2D eigenvalue weighted by molar-refractivity contribution is -0.136. The smallest absolute Gasteiger partial charge is 0.378 e. The first kappa shape index (κ1) is 16.2. The Balaban J connectivity index is 1.86. The van der Waals surface area contributed by atoms with Gasteiger partial charge in [0.2, 0.25) is 0 Å². The molecule has 1 aromatic carbocycles. The molecule has 2 heterocycles. The normalized spacial score (nSPS) is 11.7. The maximum Gasteiger partial charge on any atom is 0.418 e. The summed E-state index contributed by atoms with van der Waals surface area (Å²) in [5, 5.41) is 3.07. The van der Waals surface area contributed by atoms with E-state index in [-0.39, 0.29) is 11.2 Å². The van der Waals surface area contributed by atoms with E-state index in [1.807, 2.05) is 43.3 Å². The predicted octanol–water partition coefficient (Wildman–Crippen LogP) is 4.26. The molecule has 0 amide bonds. The molecule has 0 aliphatic rings. The number of alkyl halides is 3. The van der Waals surface area contributed by atoms with Crippen molar-refractivity contribution in [3.05, 3.63) is 53.9 Å². The average molecular weight is 334 g/mol. The zero-order valence-corrected chi connectivity index (χ0v) is 13.3. The van der Waals surface area contributed by atoms with Crippen molar-refractivity contribution in [3.63, 3.8) is 0 Å². The van der Waals surface area contributed by atoms with Crippen LogP contribution in [0.2, 0.25) is 0 Å². The SMILES string of the molecule is CN(C)c1ccc(CNc2nccc3[nH]cc(C(F)(F)F)c23)cc1. The van der Waals surface area contributed by atoms with E-state index in [0.29, 0.717) is 12.1 Å². The molecular weight excluding hydrogens is 317 g/mol. The van der Waals surface area contributed by atoms with Gasteiger partial charge in [0.15, 0.2) is 0 Å². The monoisotopic (exact) mass is 334 g/mol. The van der Waals surface area contributed by atoms with Crippen molar-refractivity contribution in [2.24, 2.45) is 0 Å². The quantitative estimate of drug-likeness (QED) is 0.749. The molecule has 4 nitrogen and oxygen atoms in total. The van der Waals surface area contributed by atoms with Gasteiger partial charge in [-0.1, -0.05) is 12.1 Å². The number of hydrogen-bond acceptors (Lipinski definition) is 3. The first-order chi connectivity index (χ1) is 11.4. The maximum atomic E-state index is 13.1. The van der Waals surface area contributed by atoms with Gasteiger partial charge in [0, 0.05) is 38.7 Å². The number of nitrogens with one attached hydrogen (secondary N) is 2. The van der Waals surface area contributed by atoms with Crippen LogP contribution in [0.5, 0.6) is 0 Å². The molecule has 0 aliphatic heterocycles. The summed E-state index contributed by atoms with van der Waals surface area (Å²) >= 11 is 0. The van der Waals surface area contributed by atoms with E-state index in [1.54, 1.807) is 0 Å². The number of pyridine rings is 1. The Hall–Kier alpha value is -2.70. The van der Waals surface area contributed by atoms with Gasteiger partial charge in [-0.25, -0.2) is 4.98 Å². The molecule has 3 rings (SSSR count). The van der Waals surface area contributed by atoms with Gasteiger partial charge < -0.3 is 15.2 Å².